The summed E-state index contributed by atoms with van der Waals surface area (Å²) in [6, 6.07) is 7.18. The Bertz CT molecular complexity index is 1560. The Morgan fingerprint density at radius 3 is 2.83 bits per heavy atom. The van der Waals surface area contributed by atoms with Crippen LogP contribution in [-0.4, -0.2) is 37.5 Å². The molecule has 5 atom stereocenters. The van der Waals surface area contributed by atoms with E-state index in [2.05, 4.69) is 35.4 Å². The summed E-state index contributed by atoms with van der Waals surface area (Å²) in [5, 5.41) is 1.55. The summed E-state index contributed by atoms with van der Waals surface area (Å²) >= 11 is 3.37. The Hall–Kier alpha value is -2.82. The summed E-state index contributed by atoms with van der Waals surface area (Å²) in [5.74, 6) is 0.280. The third kappa shape index (κ3) is 3.13. The molecule has 0 radical (unpaired) electrons. The minimum Gasteiger partial charge on any atom is -0.383 e. The first kappa shape index (κ1) is 22.4. The SMILES string of the molecule is CC1(C)O[C@H]2[C@H](n3ccc4c(N)ncnc43)[C@H]3C[C@@]3(CCc3cc4nc(N)c(Br)cc4cc3F)[C@H]2O1. The van der Waals surface area contributed by atoms with Gasteiger partial charge < -0.3 is 25.5 Å². The molecular weight excluding hydrogens is 527 g/mol. The molecular formula is C26H26BrFN6O2. The van der Waals surface area contributed by atoms with Gasteiger partial charge in [0.1, 0.15) is 35.5 Å². The normalized spacial score (nSPS) is 30.1. The van der Waals surface area contributed by atoms with Crippen molar-refractivity contribution >= 4 is 49.5 Å². The maximum absolute atomic E-state index is 15.1. The van der Waals surface area contributed by atoms with Crippen molar-refractivity contribution in [3.8, 4) is 0 Å². The molecule has 1 aromatic carbocycles. The second kappa shape index (κ2) is 7.36. The van der Waals surface area contributed by atoms with Crippen LogP contribution in [0.15, 0.2) is 41.3 Å². The molecule has 3 aromatic heterocycles. The van der Waals surface area contributed by atoms with Crippen molar-refractivity contribution in [2.75, 3.05) is 11.5 Å². The lowest BCUT2D eigenvalue weighted by molar-refractivity contribution is -0.161. The lowest BCUT2D eigenvalue weighted by atomic mass is 9.91. The summed E-state index contributed by atoms with van der Waals surface area (Å²) in [4.78, 5) is 13.1. The standard InChI is InChI=1S/C26H26BrFN6O2/c1-25(2)35-20-19(34-6-4-14-22(29)31-11-32-24(14)34)15-10-26(15,21(20)36-25)5-3-12-9-18-13(8-17(12)28)7-16(27)23(30)33-18/h4,6-9,11,15,19-21H,3,5,10H2,1-2H3,(H2,30,33)(H2,29,31,32)/t15-,19-,20+,21+,26-/m1/s1. The Balaban J connectivity index is 1.23. The van der Waals surface area contributed by atoms with Gasteiger partial charge in [0.15, 0.2) is 5.79 Å². The molecule has 2 saturated carbocycles. The van der Waals surface area contributed by atoms with Crippen LogP contribution in [0.1, 0.15) is 38.3 Å². The summed E-state index contributed by atoms with van der Waals surface area (Å²) in [6.45, 7) is 3.91. The lowest BCUT2D eigenvalue weighted by Crippen LogP contribution is -2.32. The van der Waals surface area contributed by atoms with E-state index in [4.69, 9.17) is 20.9 Å². The van der Waals surface area contributed by atoms with E-state index in [9.17, 15) is 0 Å². The average molecular weight is 553 g/mol. The molecule has 0 amide bonds. The first-order valence-electron chi connectivity index (χ1n) is 12.1. The second-order valence-electron chi connectivity index (χ2n) is 10.8. The van der Waals surface area contributed by atoms with Gasteiger partial charge in [-0.3, -0.25) is 0 Å². The van der Waals surface area contributed by atoms with Crippen LogP contribution in [-0.2, 0) is 15.9 Å². The molecule has 1 aliphatic heterocycles. The van der Waals surface area contributed by atoms with E-state index in [0.29, 0.717) is 39.5 Å². The first-order chi connectivity index (χ1) is 17.2. The maximum Gasteiger partial charge on any atom is 0.163 e. The molecule has 0 spiro atoms. The van der Waals surface area contributed by atoms with E-state index < -0.39 is 5.79 Å². The molecule has 3 aliphatic rings. The highest BCUT2D eigenvalue weighted by atomic mass is 79.9. The largest absolute Gasteiger partial charge is 0.383 e. The van der Waals surface area contributed by atoms with Gasteiger partial charge in [0, 0.05) is 17.0 Å². The molecule has 2 aliphatic carbocycles. The summed E-state index contributed by atoms with van der Waals surface area (Å²) < 4.78 is 30.9. The van der Waals surface area contributed by atoms with Crippen molar-refractivity contribution < 1.29 is 13.9 Å². The molecule has 3 fully saturated rings. The fourth-order valence-electron chi connectivity index (χ4n) is 6.65. The predicted molar refractivity (Wildman–Crippen MR) is 137 cm³/mol. The Kier molecular flexibility index (Phi) is 4.58. The van der Waals surface area contributed by atoms with Gasteiger partial charge in [-0.1, -0.05) is 0 Å². The van der Waals surface area contributed by atoms with Crippen molar-refractivity contribution in [1.29, 1.82) is 0 Å². The molecule has 4 heterocycles. The van der Waals surface area contributed by atoms with E-state index in [-0.39, 0.29) is 29.5 Å². The number of aryl methyl sites for hydroxylation is 1. The topological polar surface area (TPSA) is 114 Å². The summed E-state index contributed by atoms with van der Waals surface area (Å²) in [6.07, 6.45) is 5.69. The predicted octanol–water partition coefficient (Wildman–Crippen LogP) is 4.76. The number of halogens is 2. The van der Waals surface area contributed by atoms with Gasteiger partial charge in [-0.2, -0.15) is 0 Å². The number of nitrogen functional groups attached to an aromatic ring is 2. The second-order valence-corrected chi connectivity index (χ2v) is 11.6. The van der Waals surface area contributed by atoms with E-state index >= 15 is 4.39 Å². The van der Waals surface area contributed by atoms with Crippen LogP contribution in [0.5, 0.6) is 0 Å². The molecule has 8 nitrogen and oxygen atoms in total. The number of aromatic nitrogens is 4. The van der Waals surface area contributed by atoms with Crippen molar-refractivity contribution in [2.24, 2.45) is 11.3 Å². The number of nitrogens with zero attached hydrogens (tertiary/aromatic N) is 4. The number of hydrogen-bond acceptors (Lipinski definition) is 7. The van der Waals surface area contributed by atoms with Crippen LogP contribution >= 0.6 is 15.9 Å². The van der Waals surface area contributed by atoms with Crippen molar-refractivity contribution in [2.45, 2.75) is 57.1 Å². The van der Waals surface area contributed by atoms with Crippen LogP contribution in [0.2, 0.25) is 0 Å². The Morgan fingerprint density at radius 2 is 2.00 bits per heavy atom. The fraction of sp³-hybridized carbons (Fsp3) is 0.423. The highest BCUT2D eigenvalue weighted by Crippen LogP contribution is 2.73. The third-order valence-corrected chi connectivity index (χ3v) is 8.94. The van der Waals surface area contributed by atoms with Crippen LogP contribution in [0, 0.1) is 17.2 Å². The Labute approximate surface area is 215 Å². The van der Waals surface area contributed by atoms with Crippen LogP contribution < -0.4 is 11.5 Å². The van der Waals surface area contributed by atoms with Crippen LogP contribution in [0.4, 0.5) is 16.0 Å². The van der Waals surface area contributed by atoms with Gasteiger partial charge in [0.25, 0.3) is 0 Å². The smallest absolute Gasteiger partial charge is 0.163 e. The fourth-order valence-corrected chi connectivity index (χ4v) is 6.98. The first-order valence-corrected chi connectivity index (χ1v) is 12.9. The highest BCUT2D eigenvalue weighted by molar-refractivity contribution is 9.10. The van der Waals surface area contributed by atoms with Gasteiger partial charge in [0.2, 0.25) is 0 Å². The minimum atomic E-state index is -0.686. The van der Waals surface area contributed by atoms with E-state index in [1.807, 2.05) is 32.2 Å². The number of anilines is 2. The molecule has 4 N–H and O–H groups in total. The van der Waals surface area contributed by atoms with Gasteiger partial charge in [-0.25, -0.2) is 19.3 Å². The zero-order valence-electron chi connectivity index (χ0n) is 19.9. The van der Waals surface area contributed by atoms with Gasteiger partial charge in [-0.05, 0) is 84.8 Å². The molecule has 36 heavy (non-hydrogen) atoms. The molecule has 1 saturated heterocycles. The molecule has 0 unspecified atom stereocenters. The van der Waals surface area contributed by atoms with Crippen molar-refractivity contribution in [3.63, 3.8) is 0 Å². The molecule has 4 aromatic rings. The summed E-state index contributed by atoms with van der Waals surface area (Å²) in [7, 11) is 0. The van der Waals surface area contributed by atoms with Crippen molar-refractivity contribution in [3.05, 3.63) is 52.6 Å². The number of hydrogen-bond donors (Lipinski definition) is 2. The molecule has 0 bridgehead atoms. The molecule has 10 heteroatoms. The zero-order chi connectivity index (χ0) is 25.0. The maximum atomic E-state index is 15.1. The molecule has 7 rings (SSSR count). The Morgan fingerprint density at radius 1 is 1.17 bits per heavy atom. The third-order valence-electron chi connectivity index (χ3n) is 8.31. The number of ether oxygens (including phenoxy) is 2. The monoisotopic (exact) mass is 552 g/mol. The van der Waals surface area contributed by atoms with E-state index in [0.717, 1.165) is 29.3 Å². The zero-order valence-corrected chi connectivity index (χ0v) is 21.5. The lowest BCUT2D eigenvalue weighted by Gasteiger charge is -2.24. The quantitative estimate of drug-likeness (QED) is 0.375. The minimum absolute atomic E-state index is 0.0591. The van der Waals surface area contributed by atoms with E-state index in [1.54, 1.807) is 12.1 Å². The van der Waals surface area contributed by atoms with Gasteiger partial charge in [0.05, 0.1) is 27.5 Å². The van der Waals surface area contributed by atoms with Crippen molar-refractivity contribution in [1.82, 2.24) is 19.5 Å². The van der Waals surface area contributed by atoms with Gasteiger partial charge in [-0.15, -0.1) is 0 Å². The highest BCUT2D eigenvalue weighted by Gasteiger charge is 2.75. The average Bonchev–Trinajstić information content (AvgIpc) is 3.08. The van der Waals surface area contributed by atoms with Crippen LogP contribution in [0.3, 0.4) is 0 Å². The molecule has 186 valence electrons. The number of benzene rings is 1. The van der Waals surface area contributed by atoms with Gasteiger partial charge >= 0.3 is 0 Å². The summed E-state index contributed by atoms with van der Waals surface area (Å²) in [5.41, 5.74) is 14.1. The number of rotatable bonds is 4. The number of nitrogens with two attached hydrogens (primary N) is 2. The number of pyridine rings is 1. The van der Waals surface area contributed by atoms with E-state index in [1.165, 1.54) is 6.33 Å². The number of fused-ring (bicyclic) bond motifs is 5. The van der Waals surface area contributed by atoms with Crippen LogP contribution in [0.25, 0.3) is 21.9 Å².